The molecule has 0 spiro atoms. The third-order valence-electron chi connectivity index (χ3n) is 5.53. The van der Waals surface area contributed by atoms with Crippen LogP contribution in [0.5, 0.6) is 17.2 Å². The molecule has 0 aromatic heterocycles. The Morgan fingerprint density at radius 2 is 1.59 bits per heavy atom. The van der Waals surface area contributed by atoms with E-state index in [1.165, 1.54) is 35.9 Å². The van der Waals surface area contributed by atoms with Crippen LogP contribution in [0.25, 0.3) is 0 Å². The molecule has 3 rings (SSSR count). The molecule has 32 heavy (non-hydrogen) atoms. The van der Waals surface area contributed by atoms with Crippen molar-refractivity contribution in [1.29, 1.82) is 0 Å². The van der Waals surface area contributed by atoms with Gasteiger partial charge in [0.2, 0.25) is 0 Å². The first-order valence-electron chi connectivity index (χ1n) is 10.9. The molecule has 0 heterocycles. The van der Waals surface area contributed by atoms with Crippen LogP contribution in [0.3, 0.4) is 0 Å². The lowest BCUT2D eigenvalue weighted by molar-refractivity contribution is 0.242. The fourth-order valence-corrected chi connectivity index (χ4v) is 3.62. The van der Waals surface area contributed by atoms with Crippen LogP contribution in [0.4, 0.5) is 8.78 Å². The van der Waals surface area contributed by atoms with E-state index in [2.05, 4.69) is 25.6 Å². The molecule has 0 bridgehead atoms. The zero-order chi connectivity index (χ0) is 23.1. The number of allylic oxidation sites excluding steroid dienone is 1. The topological polar surface area (TPSA) is 18.5 Å². The van der Waals surface area contributed by atoms with Crippen LogP contribution in [0.2, 0.25) is 0 Å². The van der Waals surface area contributed by atoms with Gasteiger partial charge < -0.3 is 9.47 Å². The lowest BCUT2D eigenvalue weighted by Gasteiger charge is -2.27. The van der Waals surface area contributed by atoms with E-state index in [1.54, 1.807) is 12.1 Å². The molecule has 0 N–H and O–H groups in total. The Balaban J connectivity index is 1.64. The van der Waals surface area contributed by atoms with Crippen LogP contribution in [0, 0.1) is 11.6 Å². The van der Waals surface area contributed by atoms with Crippen LogP contribution in [0.15, 0.2) is 79.4 Å². The Bertz CT molecular complexity index is 1030. The molecule has 1 unspecified atom stereocenters. The maximum atomic E-state index is 14.2. The fraction of sp³-hybridized carbons (Fsp3) is 0.286. The molecule has 2 nitrogen and oxygen atoms in total. The smallest absolute Gasteiger partial charge is 0.165 e. The van der Waals surface area contributed by atoms with Crippen LogP contribution < -0.4 is 9.47 Å². The predicted octanol–water partition coefficient (Wildman–Crippen LogP) is 8.01. The van der Waals surface area contributed by atoms with Gasteiger partial charge >= 0.3 is 0 Å². The molecule has 4 heteroatoms. The van der Waals surface area contributed by atoms with Gasteiger partial charge in [-0.2, -0.15) is 0 Å². The van der Waals surface area contributed by atoms with Gasteiger partial charge in [0.1, 0.15) is 17.3 Å². The van der Waals surface area contributed by atoms with Gasteiger partial charge in [-0.05, 0) is 92.8 Å². The summed E-state index contributed by atoms with van der Waals surface area (Å²) >= 11 is 0. The summed E-state index contributed by atoms with van der Waals surface area (Å²) in [6, 6.07) is 18.6. The third-order valence-corrected chi connectivity index (χ3v) is 5.53. The molecule has 168 valence electrons. The van der Waals surface area contributed by atoms with Crippen molar-refractivity contribution in [3.8, 4) is 17.2 Å². The minimum absolute atomic E-state index is 0.138. The maximum absolute atomic E-state index is 14.2. The second-order valence-electron chi connectivity index (χ2n) is 8.49. The van der Waals surface area contributed by atoms with Crippen molar-refractivity contribution >= 4 is 0 Å². The molecule has 0 radical (unpaired) electrons. The van der Waals surface area contributed by atoms with Crippen LogP contribution in [-0.4, -0.2) is 6.10 Å². The van der Waals surface area contributed by atoms with Crippen molar-refractivity contribution in [1.82, 2.24) is 0 Å². The van der Waals surface area contributed by atoms with E-state index >= 15 is 0 Å². The largest absolute Gasteiger partial charge is 0.491 e. The van der Waals surface area contributed by atoms with Crippen LogP contribution >= 0.6 is 0 Å². The number of ether oxygens (including phenoxy) is 2. The van der Waals surface area contributed by atoms with Gasteiger partial charge in [-0.3, -0.25) is 0 Å². The number of hydrogen-bond donors (Lipinski definition) is 0. The van der Waals surface area contributed by atoms with E-state index in [-0.39, 0.29) is 23.1 Å². The van der Waals surface area contributed by atoms with Crippen LogP contribution in [0.1, 0.15) is 44.7 Å². The quantitative estimate of drug-likeness (QED) is 0.300. The maximum Gasteiger partial charge on any atom is 0.165 e. The molecule has 3 aromatic rings. The SMILES string of the molecule is C=CC(C)(CCCc1ccc(F)c(Oc2ccc(F)cc2)c1)c1ccc(OC(C)C)cc1. The van der Waals surface area contributed by atoms with Gasteiger partial charge in [0.25, 0.3) is 0 Å². The van der Waals surface area contributed by atoms with Crippen molar-refractivity contribution < 1.29 is 18.3 Å². The molecule has 0 aliphatic rings. The zero-order valence-corrected chi connectivity index (χ0v) is 18.9. The Morgan fingerprint density at radius 1 is 0.938 bits per heavy atom. The molecule has 0 fully saturated rings. The Kier molecular flexibility index (Phi) is 7.68. The van der Waals surface area contributed by atoms with Crippen molar-refractivity contribution in [2.24, 2.45) is 0 Å². The van der Waals surface area contributed by atoms with E-state index in [4.69, 9.17) is 9.47 Å². The second-order valence-corrected chi connectivity index (χ2v) is 8.49. The van der Waals surface area contributed by atoms with Crippen molar-refractivity contribution in [3.05, 3.63) is 102 Å². The molecule has 0 amide bonds. The lowest BCUT2D eigenvalue weighted by atomic mass is 9.78. The van der Waals surface area contributed by atoms with E-state index in [1.807, 2.05) is 32.1 Å². The standard InChI is InChI=1S/C28H30F2O2/c1-5-28(4,22-9-13-24(14-10-22)31-20(2)3)18-6-7-21-8-17-26(30)27(19-21)32-25-15-11-23(29)12-16-25/h5,8-17,19-20H,1,6-7,18H2,2-4H3. The monoisotopic (exact) mass is 436 g/mol. The highest BCUT2D eigenvalue weighted by molar-refractivity contribution is 5.37. The van der Waals surface area contributed by atoms with Gasteiger partial charge in [0.15, 0.2) is 11.6 Å². The summed E-state index contributed by atoms with van der Waals surface area (Å²) in [6.07, 6.45) is 4.69. The summed E-state index contributed by atoms with van der Waals surface area (Å²) in [4.78, 5) is 0. The summed E-state index contributed by atoms with van der Waals surface area (Å²) < 4.78 is 38.6. The Labute approximate surface area is 189 Å². The van der Waals surface area contributed by atoms with Gasteiger partial charge in [-0.1, -0.05) is 31.2 Å². The highest BCUT2D eigenvalue weighted by Crippen LogP contribution is 2.33. The van der Waals surface area contributed by atoms with Gasteiger partial charge in [0.05, 0.1) is 6.10 Å². The fourth-order valence-electron chi connectivity index (χ4n) is 3.62. The molecule has 1 atom stereocenters. The molecule has 0 saturated carbocycles. The van der Waals surface area contributed by atoms with Gasteiger partial charge in [-0.25, -0.2) is 8.78 Å². The number of halogens is 2. The van der Waals surface area contributed by atoms with Gasteiger partial charge in [-0.15, -0.1) is 6.58 Å². The number of benzene rings is 3. The van der Waals surface area contributed by atoms with E-state index < -0.39 is 5.82 Å². The molecular weight excluding hydrogens is 406 g/mol. The first kappa shape index (κ1) is 23.5. The highest BCUT2D eigenvalue weighted by Gasteiger charge is 2.22. The number of rotatable bonds is 10. The first-order chi connectivity index (χ1) is 15.3. The number of hydrogen-bond acceptors (Lipinski definition) is 2. The Hall–Kier alpha value is -3.14. The minimum Gasteiger partial charge on any atom is -0.491 e. The molecule has 3 aromatic carbocycles. The summed E-state index contributed by atoms with van der Waals surface area (Å²) in [6.45, 7) is 10.2. The van der Waals surface area contributed by atoms with Crippen molar-refractivity contribution in [2.75, 3.05) is 0 Å². The summed E-state index contributed by atoms with van der Waals surface area (Å²) in [5.41, 5.74) is 1.99. The first-order valence-corrected chi connectivity index (χ1v) is 10.9. The summed E-state index contributed by atoms with van der Waals surface area (Å²) in [7, 11) is 0. The average molecular weight is 437 g/mol. The highest BCUT2D eigenvalue weighted by atomic mass is 19.1. The molecule has 0 aliphatic heterocycles. The molecule has 0 saturated heterocycles. The minimum atomic E-state index is -0.447. The predicted molar refractivity (Wildman–Crippen MR) is 126 cm³/mol. The average Bonchev–Trinajstić information content (AvgIpc) is 2.77. The third kappa shape index (κ3) is 6.19. The van der Waals surface area contributed by atoms with E-state index in [0.717, 1.165) is 30.6 Å². The van der Waals surface area contributed by atoms with Crippen molar-refractivity contribution in [3.63, 3.8) is 0 Å². The van der Waals surface area contributed by atoms with Crippen molar-refractivity contribution in [2.45, 2.75) is 51.6 Å². The summed E-state index contributed by atoms with van der Waals surface area (Å²) in [5, 5.41) is 0. The molecular formula is C28H30F2O2. The Morgan fingerprint density at radius 3 is 2.22 bits per heavy atom. The van der Waals surface area contributed by atoms with E-state index in [0.29, 0.717) is 5.75 Å². The van der Waals surface area contributed by atoms with Gasteiger partial charge in [0, 0.05) is 5.41 Å². The zero-order valence-electron chi connectivity index (χ0n) is 18.9. The summed E-state index contributed by atoms with van der Waals surface area (Å²) in [5.74, 6) is 0.583. The van der Waals surface area contributed by atoms with E-state index in [9.17, 15) is 8.78 Å². The number of aryl methyl sites for hydroxylation is 1. The molecule has 0 aliphatic carbocycles. The van der Waals surface area contributed by atoms with Crippen LogP contribution in [-0.2, 0) is 11.8 Å². The normalized spacial score (nSPS) is 12.9. The lowest BCUT2D eigenvalue weighted by Crippen LogP contribution is -2.19. The second kappa shape index (κ2) is 10.4.